The Hall–Kier alpha value is -2.73. The van der Waals surface area contributed by atoms with E-state index in [-0.39, 0.29) is 30.6 Å². The van der Waals surface area contributed by atoms with Crippen LogP contribution < -0.4 is 0 Å². The van der Waals surface area contributed by atoms with E-state index in [9.17, 15) is 9.18 Å². The van der Waals surface area contributed by atoms with E-state index in [4.69, 9.17) is 16.1 Å². The Bertz CT molecular complexity index is 942. The molecule has 4 rings (SSSR count). The summed E-state index contributed by atoms with van der Waals surface area (Å²) in [5.41, 5.74) is 1.28. The molecule has 0 aliphatic carbocycles. The number of halogens is 2. The molecule has 132 valence electrons. The fraction of sp³-hybridized carbons (Fsp3) is 0.211. The van der Waals surface area contributed by atoms with E-state index < -0.39 is 0 Å². The van der Waals surface area contributed by atoms with E-state index in [1.54, 1.807) is 47.4 Å². The summed E-state index contributed by atoms with van der Waals surface area (Å²) in [7, 11) is 0. The molecule has 3 aromatic rings. The third-order valence-corrected chi connectivity index (χ3v) is 4.68. The van der Waals surface area contributed by atoms with Gasteiger partial charge in [0, 0.05) is 35.7 Å². The van der Waals surface area contributed by atoms with E-state index in [1.807, 2.05) is 0 Å². The summed E-state index contributed by atoms with van der Waals surface area (Å²) in [6.45, 7) is 0.662. The Labute approximate surface area is 154 Å². The van der Waals surface area contributed by atoms with E-state index in [1.165, 1.54) is 6.07 Å². The van der Waals surface area contributed by atoms with Crippen molar-refractivity contribution < 1.29 is 13.7 Å². The smallest absolute Gasteiger partial charge is 0.232 e. The maximum absolute atomic E-state index is 13.8. The second kappa shape index (κ2) is 6.88. The molecule has 2 aromatic carbocycles. The summed E-state index contributed by atoms with van der Waals surface area (Å²) in [5.74, 6) is 0.315. The fourth-order valence-corrected chi connectivity index (χ4v) is 3.17. The number of hydrogen-bond acceptors (Lipinski definition) is 4. The molecule has 1 amide bonds. The first-order valence-corrected chi connectivity index (χ1v) is 8.58. The molecule has 0 saturated carbocycles. The molecule has 0 N–H and O–H groups in total. The summed E-state index contributed by atoms with van der Waals surface area (Å²) in [6, 6.07) is 13.6. The van der Waals surface area contributed by atoms with Crippen LogP contribution in [0.3, 0.4) is 0 Å². The van der Waals surface area contributed by atoms with Gasteiger partial charge >= 0.3 is 0 Å². The largest absolute Gasteiger partial charge is 0.339 e. The molecular formula is C19H15ClFN3O2. The number of benzene rings is 2. The monoisotopic (exact) mass is 371 g/mol. The number of carbonyl (C=O) groups is 1. The van der Waals surface area contributed by atoms with Gasteiger partial charge in [-0.05, 0) is 30.3 Å². The summed E-state index contributed by atoms with van der Waals surface area (Å²) in [6.07, 6.45) is 0.275. The van der Waals surface area contributed by atoms with Crippen molar-refractivity contribution in [3.05, 3.63) is 70.8 Å². The van der Waals surface area contributed by atoms with Crippen LogP contribution in [-0.2, 0) is 11.3 Å². The quantitative estimate of drug-likeness (QED) is 0.694. The van der Waals surface area contributed by atoms with Gasteiger partial charge in [0.05, 0.1) is 5.92 Å². The molecular weight excluding hydrogens is 357 g/mol. The van der Waals surface area contributed by atoms with E-state index >= 15 is 0 Å². The van der Waals surface area contributed by atoms with Crippen molar-refractivity contribution in [2.75, 3.05) is 6.54 Å². The summed E-state index contributed by atoms with van der Waals surface area (Å²) < 4.78 is 19.2. The van der Waals surface area contributed by atoms with Crippen molar-refractivity contribution in [3.63, 3.8) is 0 Å². The Morgan fingerprint density at radius 2 is 1.96 bits per heavy atom. The molecule has 1 atom stereocenters. The Morgan fingerprint density at radius 1 is 1.19 bits per heavy atom. The van der Waals surface area contributed by atoms with Crippen LogP contribution in [0.5, 0.6) is 0 Å². The van der Waals surface area contributed by atoms with Crippen LogP contribution in [0.2, 0.25) is 5.02 Å². The minimum absolute atomic E-state index is 0.0514. The zero-order chi connectivity index (χ0) is 18.1. The predicted octanol–water partition coefficient (Wildman–Crippen LogP) is 4.05. The number of amides is 1. The predicted molar refractivity (Wildman–Crippen MR) is 93.9 cm³/mol. The van der Waals surface area contributed by atoms with Crippen LogP contribution in [0.1, 0.15) is 23.8 Å². The average molecular weight is 372 g/mol. The first kappa shape index (κ1) is 16.7. The molecule has 5 nitrogen and oxygen atoms in total. The van der Waals surface area contributed by atoms with Crippen LogP contribution >= 0.6 is 11.6 Å². The van der Waals surface area contributed by atoms with Gasteiger partial charge in [-0.2, -0.15) is 4.98 Å². The number of rotatable bonds is 4. The molecule has 1 saturated heterocycles. The molecule has 26 heavy (non-hydrogen) atoms. The molecule has 1 unspecified atom stereocenters. The van der Waals surface area contributed by atoms with Crippen LogP contribution in [0.4, 0.5) is 4.39 Å². The Balaban J connectivity index is 1.49. The number of aromatic nitrogens is 2. The minimum atomic E-state index is -0.313. The third kappa shape index (κ3) is 3.32. The van der Waals surface area contributed by atoms with Gasteiger partial charge in [0.2, 0.25) is 17.6 Å². The van der Waals surface area contributed by atoms with Gasteiger partial charge < -0.3 is 9.42 Å². The molecule has 0 spiro atoms. The van der Waals surface area contributed by atoms with Crippen molar-refractivity contribution >= 4 is 17.5 Å². The molecule has 1 aliphatic heterocycles. The molecule has 1 aromatic heterocycles. The summed E-state index contributed by atoms with van der Waals surface area (Å²) in [4.78, 5) is 18.3. The van der Waals surface area contributed by atoms with Crippen LogP contribution in [0.25, 0.3) is 11.4 Å². The zero-order valence-corrected chi connectivity index (χ0v) is 14.5. The van der Waals surface area contributed by atoms with Crippen molar-refractivity contribution in [1.82, 2.24) is 15.0 Å². The van der Waals surface area contributed by atoms with Crippen molar-refractivity contribution in [1.29, 1.82) is 0 Å². The lowest BCUT2D eigenvalue weighted by atomic mass is 10.1. The lowest BCUT2D eigenvalue weighted by Gasteiger charge is -2.16. The van der Waals surface area contributed by atoms with Crippen molar-refractivity contribution in [3.8, 4) is 11.4 Å². The van der Waals surface area contributed by atoms with Crippen LogP contribution in [-0.4, -0.2) is 27.5 Å². The number of carbonyl (C=O) groups excluding carboxylic acids is 1. The van der Waals surface area contributed by atoms with Gasteiger partial charge in [-0.25, -0.2) is 4.39 Å². The summed E-state index contributed by atoms with van der Waals surface area (Å²) >= 11 is 5.88. The Morgan fingerprint density at radius 3 is 2.73 bits per heavy atom. The molecule has 0 bridgehead atoms. The normalized spacial score (nSPS) is 17.1. The van der Waals surface area contributed by atoms with Crippen LogP contribution in [0, 0.1) is 5.82 Å². The van der Waals surface area contributed by atoms with E-state index in [0.29, 0.717) is 28.8 Å². The average Bonchev–Trinajstić information content (AvgIpc) is 3.25. The first-order chi connectivity index (χ1) is 12.6. The standard InChI is InChI=1S/C19H15ClFN3O2/c20-15-7-5-12(6-8-15)18-22-19(26-23-18)14-9-17(25)24(11-14)10-13-3-1-2-4-16(13)21/h1-8,14H,9-11H2. The molecule has 7 heteroatoms. The highest BCUT2D eigenvalue weighted by Gasteiger charge is 2.34. The van der Waals surface area contributed by atoms with Gasteiger partial charge in [0.25, 0.3) is 0 Å². The van der Waals surface area contributed by atoms with E-state index in [0.717, 1.165) is 5.56 Å². The zero-order valence-electron chi connectivity index (χ0n) is 13.7. The number of hydrogen-bond donors (Lipinski definition) is 0. The second-order valence-corrected chi connectivity index (χ2v) is 6.67. The maximum Gasteiger partial charge on any atom is 0.232 e. The van der Waals surface area contributed by atoms with Gasteiger partial charge in [0.1, 0.15) is 5.82 Å². The van der Waals surface area contributed by atoms with Gasteiger partial charge in [0.15, 0.2) is 0 Å². The van der Waals surface area contributed by atoms with Crippen LogP contribution in [0.15, 0.2) is 53.1 Å². The molecule has 0 radical (unpaired) electrons. The highest BCUT2D eigenvalue weighted by Crippen LogP contribution is 2.30. The second-order valence-electron chi connectivity index (χ2n) is 6.23. The fourth-order valence-electron chi connectivity index (χ4n) is 3.04. The van der Waals surface area contributed by atoms with Gasteiger partial charge in [-0.15, -0.1) is 0 Å². The SMILES string of the molecule is O=C1CC(c2nc(-c3ccc(Cl)cc3)no2)CN1Cc1ccccc1F. The maximum atomic E-state index is 13.8. The van der Waals surface area contributed by atoms with E-state index in [2.05, 4.69) is 10.1 Å². The summed E-state index contributed by atoms with van der Waals surface area (Å²) in [5, 5.41) is 4.62. The molecule has 1 aliphatic rings. The number of likely N-dealkylation sites (tertiary alicyclic amines) is 1. The topological polar surface area (TPSA) is 59.2 Å². The lowest BCUT2D eigenvalue weighted by molar-refractivity contribution is -0.128. The first-order valence-electron chi connectivity index (χ1n) is 8.21. The van der Waals surface area contributed by atoms with Gasteiger partial charge in [-0.1, -0.05) is 35.0 Å². The van der Waals surface area contributed by atoms with Crippen molar-refractivity contribution in [2.24, 2.45) is 0 Å². The van der Waals surface area contributed by atoms with Gasteiger partial charge in [-0.3, -0.25) is 4.79 Å². The van der Waals surface area contributed by atoms with Crippen molar-refractivity contribution in [2.45, 2.75) is 18.9 Å². The highest BCUT2D eigenvalue weighted by molar-refractivity contribution is 6.30. The highest BCUT2D eigenvalue weighted by atomic mass is 35.5. The third-order valence-electron chi connectivity index (χ3n) is 4.43. The lowest BCUT2D eigenvalue weighted by Crippen LogP contribution is -2.24. The molecule has 2 heterocycles. The molecule has 1 fully saturated rings. The Kier molecular flexibility index (Phi) is 4.42. The minimum Gasteiger partial charge on any atom is -0.339 e. The number of nitrogens with zero attached hydrogens (tertiary/aromatic N) is 3.